The molecular formula is C14H12F2O7S. The molecule has 0 aliphatic carbocycles. The number of hydrogen-bond donors (Lipinski definition) is 2. The summed E-state index contributed by atoms with van der Waals surface area (Å²) in [6, 6.07) is 9.06. The Kier molecular flexibility index (Phi) is 4.63. The molecule has 2 rings (SSSR count). The van der Waals surface area contributed by atoms with E-state index in [1.54, 1.807) is 12.1 Å². The van der Waals surface area contributed by atoms with Crippen molar-refractivity contribution < 1.29 is 41.1 Å². The summed E-state index contributed by atoms with van der Waals surface area (Å²) in [6.45, 7) is 1.08. The van der Waals surface area contributed by atoms with Gasteiger partial charge in [0.1, 0.15) is 11.5 Å². The quantitative estimate of drug-likeness (QED) is 0.477. The fourth-order valence-electron chi connectivity index (χ4n) is 1.89. The van der Waals surface area contributed by atoms with Crippen LogP contribution in [-0.2, 0) is 19.6 Å². The molecule has 2 N–H and O–H groups in total. The van der Waals surface area contributed by atoms with Gasteiger partial charge in [0, 0.05) is 17.7 Å². The van der Waals surface area contributed by atoms with E-state index in [0.29, 0.717) is 10.8 Å². The molecule has 0 amide bonds. The van der Waals surface area contributed by atoms with Crippen molar-refractivity contribution in [1.29, 1.82) is 0 Å². The van der Waals surface area contributed by atoms with Crippen LogP contribution in [0.2, 0.25) is 0 Å². The summed E-state index contributed by atoms with van der Waals surface area (Å²) in [4.78, 5) is 11.2. The van der Waals surface area contributed by atoms with E-state index >= 15 is 0 Å². The molecule has 0 aromatic heterocycles. The number of carbonyl (C=O) groups excluding carboxylic acids is 1. The van der Waals surface area contributed by atoms with Crippen molar-refractivity contribution in [1.82, 2.24) is 0 Å². The van der Waals surface area contributed by atoms with Crippen molar-refractivity contribution in [3.63, 3.8) is 0 Å². The molecule has 2 aromatic rings. The third-order valence-corrected chi connectivity index (χ3v) is 3.80. The van der Waals surface area contributed by atoms with E-state index in [-0.39, 0.29) is 11.5 Å². The van der Waals surface area contributed by atoms with Crippen LogP contribution in [0.5, 0.6) is 11.5 Å². The van der Waals surface area contributed by atoms with Gasteiger partial charge < -0.3 is 14.6 Å². The van der Waals surface area contributed by atoms with Gasteiger partial charge in [-0.25, -0.2) is 4.79 Å². The number of phenolic OH excluding ortho intramolecular Hbond substituents is 1. The minimum atomic E-state index is -5.96. The van der Waals surface area contributed by atoms with Gasteiger partial charge in [-0.2, -0.15) is 17.2 Å². The maximum absolute atomic E-state index is 13.1. The summed E-state index contributed by atoms with van der Waals surface area (Å²) < 4.78 is 65.0. The van der Waals surface area contributed by atoms with Gasteiger partial charge in [-0.3, -0.25) is 4.55 Å². The Morgan fingerprint density at radius 1 is 1.17 bits per heavy atom. The fraction of sp³-hybridized carbons (Fsp3) is 0.214. The molecule has 0 spiro atoms. The van der Waals surface area contributed by atoms with Crippen LogP contribution in [0.4, 0.5) is 8.78 Å². The van der Waals surface area contributed by atoms with Crippen molar-refractivity contribution >= 4 is 26.9 Å². The zero-order valence-corrected chi connectivity index (χ0v) is 13.0. The molecule has 2 aromatic carbocycles. The highest BCUT2D eigenvalue weighted by Gasteiger charge is 2.54. The van der Waals surface area contributed by atoms with E-state index in [0.717, 1.165) is 6.92 Å². The second-order valence-corrected chi connectivity index (χ2v) is 6.17. The van der Waals surface area contributed by atoms with Crippen LogP contribution >= 0.6 is 0 Å². The summed E-state index contributed by atoms with van der Waals surface area (Å²) in [6.07, 6.45) is -1.59. The minimum Gasteiger partial charge on any atom is -0.507 e. The van der Waals surface area contributed by atoms with Crippen LogP contribution in [0.1, 0.15) is 6.92 Å². The molecule has 0 aliphatic rings. The lowest BCUT2D eigenvalue weighted by atomic mass is 10.1. The van der Waals surface area contributed by atoms with Crippen molar-refractivity contribution in [2.45, 2.75) is 18.5 Å². The van der Waals surface area contributed by atoms with Crippen LogP contribution in [0.25, 0.3) is 10.8 Å². The van der Waals surface area contributed by atoms with Crippen LogP contribution < -0.4 is 4.74 Å². The Balaban J connectivity index is 2.21. The summed E-state index contributed by atoms with van der Waals surface area (Å²) in [5, 5.41) is 5.46. The summed E-state index contributed by atoms with van der Waals surface area (Å²) in [5.74, 6) is -2.40. The summed E-state index contributed by atoms with van der Waals surface area (Å²) in [7, 11) is -5.96. The smallest absolute Gasteiger partial charge is 0.465 e. The van der Waals surface area contributed by atoms with Crippen molar-refractivity contribution in [2.75, 3.05) is 0 Å². The Hall–Kier alpha value is -2.46. The van der Waals surface area contributed by atoms with E-state index < -0.39 is 27.6 Å². The van der Waals surface area contributed by atoms with Crippen LogP contribution in [-0.4, -0.2) is 35.6 Å². The molecule has 0 bridgehead atoms. The summed E-state index contributed by atoms with van der Waals surface area (Å²) in [5.41, 5.74) is 0. The minimum absolute atomic E-state index is 0.0412. The average Bonchev–Trinajstić information content (AvgIpc) is 2.47. The number of esters is 1. The first-order valence-electron chi connectivity index (χ1n) is 6.47. The largest absolute Gasteiger partial charge is 0.507 e. The zero-order valence-electron chi connectivity index (χ0n) is 12.1. The van der Waals surface area contributed by atoms with Crippen LogP contribution in [0.3, 0.4) is 0 Å². The van der Waals surface area contributed by atoms with Crippen molar-refractivity contribution in [3.8, 4) is 11.5 Å². The first kappa shape index (κ1) is 17.9. The van der Waals surface area contributed by atoms with E-state index in [1.807, 2.05) is 0 Å². The number of rotatable bonds is 5. The van der Waals surface area contributed by atoms with E-state index in [1.165, 1.54) is 24.3 Å². The summed E-state index contributed by atoms with van der Waals surface area (Å²) >= 11 is 0. The van der Waals surface area contributed by atoms with Gasteiger partial charge in [0.15, 0.2) is 0 Å². The molecule has 0 saturated heterocycles. The SMILES string of the molecule is CC(OC(=O)C(F)(F)S(=O)(=O)O)Oc1cccc2c(O)cccc12. The fourth-order valence-corrected chi connectivity index (χ4v) is 2.15. The normalized spacial score (nSPS) is 13.5. The number of fused-ring (bicyclic) bond motifs is 1. The number of carbonyl (C=O) groups is 1. The van der Waals surface area contributed by atoms with Crippen LogP contribution in [0.15, 0.2) is 36.4 Å². The van der Waals surface area contributed by atoms with Gasteiger partial charge >= 0.3 is 21.3 Å². The van der Waals surface area contributed by atoms with Crippen LogP contribution in [0, 0.1) is 0 Å². The lowest BCUT2D eigenvalue weighted by Crippen LogP contribution is -2.41. The van der Waals surface area contributed by atoms with Gasteiger partial charge in [0.2, 0.25) is 6.29 Å². The number of hydrogen-bond acceptors (Lipinski definition) is 6. The first-order valence-corrected chi connectivity index (χ1v) is 7.91. The molecule has 0 aliphatic heterocycles. The predicted octanol–water partition coefficient (Wildman–Crippen LogP) is 2.29. The highest BCUT2D eigenvalue weighted by atomic mass is 32.2. The molecule has 0 fully saturated rings. The zero-order chi connectivity index (χ0) is 18.1. The monoisotopic (exact) mass is 362 g/mol. The topological polar surface area (TPSA) is 110 Å². The number of alkyl halides is 2. The van der Waals surface area contributed by atoms with E-state index in [9.17, 15) is 27.1 Å². The first-order chi connectivity index (χ1) is 11.0. The molecule has 10 heteroatoms. The lowest BCUT2D eigenvalue weighted by molar-refractivity contribution is -0.179. The Labute approximate surface area is 135 Å². The second-order valence-electron chi connectivity index (χ2n) is 4.71. The number of halogens is 2. The third-order valence-electron chi connectivity index (χ3n) is 2.99. The highest BCUT2D eigenvalue weighted by Crippen LogP contribution is 2.32. The van der Waals surface area contributed by atoms with Gasteiger partial charge in [0.25, 0.3) is 0 Å². The molecule has 0 heterocycles. The Morgan fingerprint density at radius 2 is 1.75 bits per heavy atom. The second kappa shape index (κ2) is 6.21. The van der Waals surface area contributed by atoms with Crippen molar-refractivity contribution in [2.24, 2.45) is 0 Å². The molecular weight excluding hydrogens is 350 g/mol. The number of phenols is 1. The van der Waals surface area contributed by atoms with E-state index in [4.69, 9.17) is 9.29 Å². The van der Waals surface area contributed by atoms with E-state index in [2.05, 4.69) is 4.74 Å². The highest BCUT2D eigenvalue weighted by molar-refractivity contribution is 7.87. The molecule has 1 unspecified atom stereocenters. The lowest BCUT2D eigenvalue weighted by Gasteiger charge is -2.19. The van der Waals surface area contributed by atoms with Gasteiger partial charge in [-0.05, 0) is 12.1 Å². The number of benzene rings is 2. The molecule has 1 atom stereocenters. The standard InChI is InChI=1S/C14H12F2O7S/c1-8(23-13(18)14(15,16)24(19,20)21)22-12-7-3-4-9-10(12)5-2-6-11(9)17/h2-8,17H,1H3,(H,19,20,21). The van der Waals surface area contributed by atoms with Gasteiger partial charge in [0.05, 0.1) is 0 Å². The third kappa shape index (κ3) is 3.39. The molecule has 7 nitrogen and oxygen atoms in total. The van der Waals surface area contributed by atoms with Gasteiger partial charge in [-0.1, -0.05) is 24.3 Å². The average molecular weight is 362 g/mol. The Bertz CT molecular complexity index is 880. The molecule has 0 saturated carbocycles. The number of ether oxygens (including phenoxy) is 2. The molecule has 130 valence electrons. The Morgan fingerprint density at radius 3 is 2.38 bits per heavy atom. The van der Waals surface area contributed by atoms with Crippen molar-refractivity contribution in [3.05, 3.63) is 36.4 Å². The maximum Gasteiger partial charge on any atom is 0.465 e. The van der Waals surface area contributed by atoms with Gasteiger partial charge in [-0.15, -0.1) is 0 Å². The maximum atomic E-state index is 13.1. The molecule has 24 heavy (non-hydrogen) atoms. The number of aromatic hydroxyl groups is 1. The predicted molar refractivity (Wildman–Crippen MR) is 78.3 cm³/mol. The molecule has 0 radical (unpaired) electrons.